The van der Waals surface area contributed by atoms with E-state index in [4.69, 9.17) is 5.11 Å². The molecule has 0 saturated carbocycles. The van der Waals surface area contributed by atoms with Crippen molar-refractivity contribution in [1.29, 1.82) is 0 Å². The Labute approximate surface area is 126 Å². The molecule has 3 rings (SSSR count). The van der Waals surface area contributed by atoms with E-state index < -0.39 is 5.97 Å². The van der Waals surface area contributed by atoms with E-state index in [2.05, 4.69) is 30.1 Å². The molecule has 21 heavy (non-hydrogen) atoms. The van der Waals surface area contributed by atoms with E-state index in [1.165, 1.54) is 10.3 Å². The molecule has 1 heterocycles. The van der Waals surface area contributed by atoms with Crippen LogP contribution >= 0.6 is 11.3 Å². The third-order valence-electron chi connectivity index (χ3n) is 3.14. The highest BCUT2D eigenvalue weighted by Gasteiger charge is 2.02. The fourth-order valence-electron chi connectivity index (χ4n) is 2.03. The number of aromatic carboxylic acids is 1. The number of hydrogen-bond acceptors (Lipinski definition) is 3. The minimum Gasteiger partial charge on any atom is -0.478 e. The molecule has 0 aliphatic heterocycles. The lowest BCUT2D eigenvalue weighted by molar-refractivity contribution is 0.0697. The molecule has 0 amide bonds. The lowest BCUT2D eigenvalue weighted by Crippen LogP contribution is -1.94. The Morgan fingerprint density at radius 1 is 1.14 bits per heavy atom. The molecule has 0 aliphatic carbocycles. The number of aryl methyl sites for hydroxylation is 1. The van der Waals surface area contributed by atoms with Gasteiger partial charge in [-0.15, -0.1) is 11.3 Å². The smallest absolute Gasteiger partial charge is 0.335 e. The van der Waals surface area contributed by atoms with Crippen molar-refractivity contribution in [1.82, 2.24) is 4.98 Å². The van der Waals surface area contributed by atoms with Gasteiger partial charge in [0.1, 0.15) is 5.01 Å². The summed E-state index contributed by atoms with van der Waals surface area (Å²) in [5.41, 5.74) is 3.46. The van der Waals surface area contributed by atoms with Crippen molar-refractivity contribution in [3.63, 3.8) is 0 Å². The quantitative estimate of drug-likeness (QED) is 0.775. The van der Waals surface area contributed by atoms with Crippen molar-refractivity contribution in [2.45, 2.75) is 6.92 Å². The van der Waals surface area contributed by atoms with Crippen LogP contribution in [0.15, 0.2) is 42.5 Å². The number of hydrogen-bond donors (Lipinski definition) is 1. The second kappa shape index (κ2) is 5.50. The number of benzene rings is 2. The van der Waals surface area contributed by atoms with Gasteiger partial charge < -0.3 is 5.11 Å². The van der Waals surface area contributed by atoms with Crippen LogP contribution in [-0.4, -0.2) is 16.1 Å². The number of aromatic nitrogens is 1. The zero-order valence-corrected chi connectivity index (χ0v) is 12.2. The zero-order valence-electron chi connectivity index (χ0n) is 11.4. The molecule has 104 valence electrons. The van der Waals surface area contributed by atoms with E-state index in [0.29, 0.717) is 5.56 Å². The topological polar surface area (TPSA) is 50.2 Å². The molecular weight excluding hydrogens is 282 g/mol. The average Bonchev–Trinajstić information content (AvgIpc) is 2.87. The molecule has 0 aliphatic rings. The largest absolute Gasteiger partial charge is 0.478 e. The molecule has 3 aromatic rings. The van der Waals surface area contributed by atoms with Crippen LogP contribution in [0, 0.1) is 6.92 Å². The molecule has 3 nitrogen and oxygen atoms in total. The predicted molar refractivity (Wildman–Crippen MR) is 86.7 cm³/mol. The van der Waals surface area contributed by atoms with E-state index >= 15 is 0 Å². The number of fused-ring (bicyclic) bond motifs is 1. The Kier molecular flexibility index (Phi) is 3.54. The molecule has 0 unspecified atom stereocenters. The van der Waals surface area contributed by atoms with Crippen LogP contribution in [0.4, 0.5) is 0 Å². The summed E-state index contributed by atoms with van der Waals surface area (Å²) in [5.74, 6) is -0.910. The molecule has 0 atom stereocenters. The maximum Gasteiger partial charge on any atom is 0.335 e. The number of nitrogens with zero attached hydrogens (tertiary/aromatic N) is 1. The molecule has 1 aromatic heterocycles. The standard InChI is InChI=1S/C17H13NO2S/c1-11-2-8-15-14(10-11)18-16(21-15)9-5-12-3-6-13(7-4-12)17(19)20/h2-10H,1H3,(H,19,20)/b9-5+. The summed E-state index contributed by atoms with van der Waals surface area (Å²) in [5, 5.41) is 9.80. The first-order valence-corrected chi connectivity index (χ1v) is 7.32. The van der Waals surface area contributed by atoms with Crippen molar-refractivity contribution in [3.05, 3.63) is 64.2 Å². The Bertz CT molecular complexity index is 832. The van der Waals surface area contributed by atoms with Crippen molar-refractivity contribution < 1.29 is 9.90 Å². The summed E-state index contributed by atoms with van der Waals surface area (Å²) >= 11 is 1.64. The van der Waals surface area contributed by atoms with E-state index in [0.717, 1.165) is 16.1 Å². The van der Waals surface area contributed by atoms with Crippen LogP contribution in [0.25, 0.3) is 22.4 Å². The highest BCUT2D eigenvalue weighted by molar-refractivity contribution is 7.19. The fraction of sp³-hybridized carbons (Fsp3) is 0.0588. The molecule has 4 heteroatoms. The maximum absolute atomic E-state index is 10.8. The van der Waals surface area contributed by atoms with Gasteiger partial charge in [0.2, 0.25) is 0 Å². The van der Waals surface area contributed by atoms with Gasteiger partial charge in [0.05, 0.1) is 15.8 Å². The SMILES string of the molecule is Cc1ccc2sc(/C=C/c3ccc(C(=O)O)cc3)nc2c1. The summed E-state index contributed by atoms with van der Waals surface area (Å²) in [7, 11) is 0. The Morgan fingerprint density at radius 3 is 2.62 bits per heavy atom. The van der Waals surface area contributed by atoms with E-state index in [1.54, 1.807) is 35.6 Å². The van der Waals surface area contributed by atoms with Crippen molar-refractivity contribution in [3.8, 4) is 0 Å². The molecule has 0 fully saturated rings. The number of rotatable bonds is 3. The van der Waals surface area contributed by atoms with Crippen LogP contribution in [0.1, 0.15) is 26.5 Å². The molecule has 0 bridgehead atoms. The maximum atomic E-state index is 10.8. The fourth-order valence-corrected chi connectivity index (χ4v) is 2.88. The van der Waals surface area contributed by atoms with E-state index in [9.17, 15) is 4.79 Å². The van der Waals surface area contributed by atoms with Gasteiger partial charge in [0, 0.05) is 0 Å². The van der Waals surface area contributed by atoms with Crippen LogP contribution in [0.5, 0.6) is 0 Å². The second-order valence-electron chi connectivity index (χ2n) is 4.78. The van der Waals surface area contributed by atoms with Gasteiger partial charge in [-0.05, 0) is 48.4 Å². The minimum absolute atomic E-state index is 0.294. The van der Waals surface area contributed by atoms with Gasteiger partial charge in [-0.2, -0.15) is 0 Å². The normalized spacial score (nSPS) is 11.3. The minimum atomic E-state index is -0.910. The van der Waals surface area contributed by atoms with Gasteiger partial charge >= 0.3 is 5.97 Å². The summed E-state index contributed by atoms with van der Waals surface area (Å²) < 4.78 is 1.17. The molecular formula is C17H13NO2S. The third kappa shape index (κ3) is 3.01. The Balaban J connectivity index is 1.85. The highest BCUT2D eigenvalue weighted by atomic mass is 32.1. The number of carboxylic acids is 1. The van der Waals surface area contributed by atoms with Crippen LogP contribution < -0.4 is 0 Å². The van der Waals surface area contributed by atoms with Crippen molar-refractivity contribution in [2.24, 2.45) is 0 Å². The summed E-state index contributed by atoms with van der Waals surface area (Å²) in [6.07, 6.45) is 3.89. The predicted octanol–water partition coefficient (Wildman–Crippen LogP) is 4.47. The van der Waals surface area contributed by atoms with Gasteiger partial charge in [0.25, 0.3) is 0 Å². The van der Waals surface area contributed by atoms with Gasteiger partial charge in [0.15, 0.2) is 0 Å². The Hall–Kier alpha value is -2.46. The zero-order chi connectivity index (χ0) is 14.8. The number of carbonyl (C=O) groups is 1. The first kappa shape index (κ1) is 13.5. The summed E-state index contributed by atoms with van der Waals surface area (Å²) in [6.45, 7) is 2.05. The third-order valence-corrected chi connectivity index (χ3v) is 4.14. The van der Waals surface area contributed by atoms with Crippen LogP contribution in [0.2, 0.25) is 0 Å². The number of thiazole rings is 1. The van der Waals surface area contributed by atoms with Gasteiger partial charge in [-0.3, -0.25) is 0 Å². The first-order valence-electron chi connectivity index (χ1n) is 6.50. The molecule has 1 N–H and O–H groups in total. The molecule has 0 radical (unpaired) electrons. The van der Waals surface area contributed by atoms with E-state index in [-0.39, 0.29) is 0 Å². The average molecular weight is 295 g/mol. The lowest BCUT2D eigenvalue weighted by atomic mass is 10.1. The van der Waals surface area contributed by atoms with Crippen LogP contribution in [-0.2, 0) is 0 Å². The molecule has 0 spiro atoms. The summed E-state index contributed by atoms with van der Waals surface area (Å²) in [4.78, 5) is 15.4. The highest BCUT2D eigenvalue weighted by Crippen LogP contribution is 2.24. The molecule has 2 aromatic carbocycles. The van der Waals surface area contributed by atoms with Gasteiger partial charge in [-0.25, -0.2) is 9.78 Å². The Morgan fingerprint density at radius 2 is 1.90 bits per heavy atom. The van der Waals surface area contributed by atoms with Crippen LogP contribution in [0.3, 0.4) is 0 Å². The first-order chi connectivity index (χ1) is 10.1. The van der Waals surface area contributed by atoms with E-state index in [1.807, 2.05) is 12.2 Å². The van der Waals surface area contributed by atoms with Crippen molar-refractivity contribution >= 4 is 39.7 Å². The van der Waals surface area contributed by atoms with Gasteiger partial charge in [-0.1, -0.05) is 24.3 Å². The second-order valence-corrected chi connectivity index (χ2v) is 5.85. The molecule has 0 saturated heterocycles. The number of carboxylic acid groups (broad SMARTS) is 1. The summed E-state index contributed by atoms with van der Waals surface area (Å²) in [6, 6.07) is 13.0. The van der Waals surface area contributed by atoms with Crippen molar-refractivity contribution in [2.75, 3.05) is 0 Å². The monoisotopic (exact) mass is 295 g/mol. The lowest BCUT2D eigenvalue weighted by Gasteiger charge is -1.95.